The summed E-state index contributed by atoms with van der Waals surface area (Å²) in [6, 6.07) is -0.524. The summed E-state index contributed by atoms with van der Waals surface area (Å²) in [4.78, 5) is -0.0607. The van der Waals surface area contributed by atoms with Crippen LogP contribution in [0.4, 0.5) is 8.78 Å². The Labute approximate surface area is 110 Å². The lowest BCUT2D eigenvalue weighted by Gasteiger charge is -2.38. The van der Waals surface area contributed by atoms with Gasteiger partial charge in [0.25, 0.3) is 0 Å². The molecule has 17 heavy (non-hydrogen) atoms. The second-order valence-electron chi connectivity index (χ2n) is 4.54. The predicted octanol–water partition coefficient (Wildman–Crippen LogP) is 3.56. The summed E-state index contributed by atoms with van der Waals surface area (Å²) in [7, 11) is 0. The Morgan fingerprint density at radius 1 is 1.53 bits per heavy atom. The van der Waals surface area contributed by atoms with Crippen LogP contribution < -0.4 is 5.32 Å². The van der Waals surface area contributed by atoms with E-state index in [1.165, 1.54) is 0 Å². The third kappa shape index (κ3) is 3.62. The average molecular weight is 308 g/mol. The summed E-state index contributed by atoms with van der Waals surface area (Å²) >= 11 is 3.41. The summed E-state index contributed by atoms with van der Waals surface area (Å²) in [5.74, 6) is -0.0957. The van der Waals surface area contributed by atoms with Gasteiger partial charge in [0, 0.05) is 23.3 Å². The summed E-state index contributed by atoms with van der Waals surface area (Å²) in [6.07, 6.45) is -0.152. The Balaban J connectivity index is 2.68. The van der Waals surface area contributed by atoms with E-state index in [0.717, 1.165) is 12.0 Å². The van der Waals surface area contributed by atoms with E-state index in [1.807, 2.05) is 6.92 Å². The Morgan fingerprint density at radius 2 is 2.18 bits per heavy atom. The maximum Gasteiger partial charge on any atom is 0.147 e. The fraction of sp³-hybridized carbons (Fsp3) is 0.692. The van der Waals surface area contributed by atoms with Crippen LogP contribution in [-0.2, 0) is 0 Å². The molecule has 0 bridgehead atoms. The average Bonchev–Trinajstić information content (AvgIpc) is 2.31. The van der Waals surface area contributed by atoms with Crippen molar-refractivity contribution in [3.8, 4) is 0 Å². The molecule has 0 aromatic heterocycles. The topological polar surface area (TPSA) is 12.0 Å². The minimum atomic E-state index is -1.48. The second-order valence-corrected chi connectivity index (χ2v) is 5.71. The lowest BCUT2D eigenvalue weighted by Crippen LogP contribution is -2.54. The van der Waals surface area contributed by atoms with Crippen LogP contribution in [0.15, 0.2) is 24.8 Å². The fourth-order valence-corrected chi connectivity index (χ4v) is 3.00. The summed E-state index contributed by atoms with van der Waals surface area (Å²) in [5, 5.41) is 3.07. The molecule has 0 heterocycles. The van der Waals surface area contributed by atoms with E-state index in [2.05, 4.69) is 34.4 Å². The van der Waals surface area contributed by atoms with Crippen LogP contribution in [0.3, 0.4) is 0 Å². The molecular weight excluding hydrogens is 288 g/mol. The lowest BCUT2D eigenvalue weighted by molar-refractivity contribution is 0.0710. The molecule has 1 N–H and O–H groups in total. The Morgan fingerprint density at radius 3 is 2.71 bits per heavy atom. The normalized spacial score (nSPS) is 37.8. The molecule has 1 aliphatic rings. The molecular formula is C13H20BrF2N. The summed E-state index contributed by atoms with van der Waals surface area (Å²) in [5.41, 5.74) is 0.993. The largest absolute Gasteiger partial charge is 0.307 e. The van der Waals surface area contributed by atoms with Gasteiger partial charge in [-0.1, -0.05) is 41.1 Å². The highest BCUT2D eigenvalue weighted by atomic mass is 79.9. The molecule has 1 aliphatic carbocycles. The number of alkyl halides is 3. The zero-order chi connectivity index (χ0) is 13.0. The maximum atomic E-state index is 13.9. The molecule has 0 aromatic carbocycles. The molecule has 5 atom stereocenters. The Kier molecular flexibility index (Phi) is 5.80. The number of hydrogen-bond donors (Lipinski definition) is 1. The van der Waals surface area contributed by atoms with Gasteiger partial charge in [-0.05, 0) is 12.8 Å². The zero-order valence-electron chi connectivity index (χ0n) is 10.1. The van der Waals surface area contributed by atoms with Crippen molar-refractivity contribution in [3.63, 3.8) is 0 Å². The van der Waals surface area contributed by atoms with Gasteiger partial charge < -0.3 is 5.32 Å². The van der Waals surface area contributed by atoms with Crippen molar-refractivity contribution in [1.29, 1.82) is 0 Å². The van der Waals surface area contributed by atoms with E-state index in [-0.39, 0.29) is 17.2 Å². The van der Waals surface area contributed by atoms with E-state index in [4.69, 9.17) is 0 Å². The van der Waals surface area contributed by atoms with Crippen LogP contribution in [-0.4, -0.2) is 29.8 Å². The van der Waals surface area contributed by atoms with Gasteiger partial charge >= 0.3 is 0 Å². The highest BCUT2D eigenvalue weighted by Gasteiger charge is 2.43. The fourth-order valence-electron chi connectivity index (χ4n) is 2.09. The van der Waals surface area contributed by atoms with Gasteiger partial charge in [0.2, 0.25) is 0 Å². The third-order valence-corrected chi connectivity index (χ3v) is 4.32. The smallest absolute Gasteiger partial charge is 0.147 e. The third-order valence-electron chi connectivity index (χ3n) is 3.33. The van der Waals surface area contributed by atoms with Gasteiger partial charge in [-0.2, -0.15) is 0 Å². The van der Waals surface area contributed by atoms with Crippen molar-refractivity contribution >= 4 is 15.9 Å². The highest BCUT2D eigenvalue weighted by Crippen LogP contribution is 2.34. The molecule has 4 heteroatoms. The van der Waals surface area contributed by atoms with Gasteiger partial charge in [-0.3, -0.25) is 0 Å². The first-order chi connectivity index (χ1) is 8.01. The van der Waals surface area contributed by atoms with Gasteiger partial charge in [-0.15, -0.1) is 6.58 Å². The minimum Gasteiger partial charge on any atom is -0.307 e. The lowest BCUT2D eigenvalue weighted by atomic mass is 9.82. The van der Waals surface area contributed by atoms with E-state index in [9.17, 15) is 8.78 Å². The zero-order valence-corrected chi connectivity index (χ0v) is 11.7. The monoisotopic (exact) mass is 307 g/mol. The van der Waals surface area contributed by atoms with Crippen LogP contribution in [0.2, 0.25) is 0 Å². The summed E-state index contributed by atoms with van der Waals surface area (Å²) in [6.45, 7) is 10.1. The standard InChI is InChI=1S/C13H20BrF2N/c1-4-8(3)7-17-13-9(5-2)10(14)6-11(15)12(13)16/h5,9-13,17H,2-4,6-7H2,1H3/t9?,10?,11-,12-,13?/m0/s1. The molecule has 1 rings (SSSR count). The van der Waals surface area contributed by atoms with Crippen LogP contribution in [0.25, 0.3) is 0 Å². The van der Waals surface area contributed by atoms with Gasteiger partial charge in [-0.25, -0.2) is 8.78 Å². The van der Waals surface area contributed by atoms with E-state index in [1.54, 1.807) is 6.08 Å². The SMILES string of the molecule is C=CC1C(Br)C[C@H](F)[C@H](F)C1NCC(=C)CC. The van der Waals surface area contributed by atoms with Crippen LogP contribution in [0.5, 0.6) is 0 Å². The van der Waals surface area contributed by atoms with Crippen molar-refractivity contribution in [3.05, 3.63) is 24.8 Å². The van der Waals surface area contributed by atoms with Crippen molar-refractivity contribution in [1.82, 2.24) is 5.32 Å². The minimum absolute atomic E-state index is 0.0607. The van der Waals surface area contributed by atoms with Crippen molar-refractivity contribution in [2.45, 2.75) is 43.0 Å². The number of halogens is 3. The molecule has 1 nitrogen and oxygen atoms in total. The van der Waals surface area contributed by atoms with Crippen molar-refractivity contribution in [2.75, 3.05) is 6.54 Å². The van der Waals surface area contributed by atoms with Gasteiger partial charge in [0.05, 0.1) is 0 Å². The van der Waals surface area contributed by atoms with E-state index in [0.29, 0.717) is 6.54 Å². The highest BCUT2D eigenvalue weighted by molar-refractivity contribution is 9.09. The van der Waals surface area contributed by atoms with Crippen LogP contribution in [0.1, 0.15) is 19.8 Å². The van der Waals surface area contributed by atoms with Crippen LogP contribution >= 0.6 is 15.9 Å². The maximum absolute atomic E-state index is 13.9. The predicted molar refractivity (Wildman–Crippen MR) is 72.0 cm³/mol. The molecule has 0 aliphatic heterocycles. The molecule has 1 saturated carbocycles. The second kappa shape index (κ2) is 6.64. The number of rotatable bonds is 5. The first-order valence-corrected chi connectivity index (χ1v) is 6.87. The quantitative estimate of drug-likeness (QED) is 0.605. The molecule has 0 aromatic rings. The molecule has 98 valence electrons. The Bertz CT molecular complexity index is 283. The Hall–Kier alpha value is -0.220. The molecule has 0 spiro atoms. The first-order valence-electron chi connectivity index (χ1n) is 5.96. The van der Waals surface area contributed by atoms with E-state index >= 15 is 0 Å². The molecule has 0 radical (unpaired) electrons. The van der Waals surface area contributed by atoms with Crippen molar-refractivity contribution in [2.24, 2.45) is 5.92 Å². The van der Waals surface area contributed by atoms with Gasteiger partial charge in [0.15, 0.2) is 0 Å². The summed E-state index contributed by atoms with van der Waals surface area (Å²) < 4.78 is 27.4. The molecule has 0 amide bonds. The van der Waals surface area contributed by atoms with Gasteiger partial charge in [0.1, 0.15) is 12.3 Å². The van der Waals surface area contributed by atoms with Crippen molar-refractivity contribution < 1.29 is 8.78 Å². The molecule has 3 unspecified atom stereocenters. The van der Waals surface area contributed by atoms with Crippen LogP contribution in [0, 0.1) is 5.92 Å². The number of hydrogen-bond acceptors (Lipinski definition) is 1. The first kappa shape index (κ1) is 14.8. The molecule has 1 fully saturated rings. The number of nitrogens with one attached hydrogen (secondary N) is 1. The molecule has 0 saturated heterocycles. The van der Waals surface area contributed by atoms with E-state index < -0.39 is 18.4 Å².